The Kier molecular flexibility index (Phi) is 4.51. The van der Waals surface area contributed by atoms with Gasteiger partial charge in [-0.05, 0) is 44.9 Å². The molecule has 4 rings (SSSR count). The van der Waals surface area contributed by atoms with Crippen molar-refractivity contribution in [3.8, 4) is 0 Å². The van der Waals surface area contributed by atoms with Crippen molar-refractivity contribution in [2.45, 2.75) is 6.42 Å². The molecule has 26 heavy (non-hydrogen) atoms. The molecule has 0 spiro atoms. The minimum absolute atomic E-state index is 0.00356. The van der Waals surface area contributed by atoms with Crippen molar-refractivity contribution in [2.24, 2.45) is 0 Å². The van der Waals surface area contributed by atoms with Crippen molar-refractivity contribution in [3.05, 3.63) is 91.2 Å². The van der Waals surface area contributed by atoms with Crippen LogP contribution in [0.4, 0.5) is 0 Å². The summed E-state index contributed by atoms with van der Waals surface area (Å²) in [5.41, 5.74) is 0.937. The van der Waals surface area contributed by atoms with Gasteiger partial charge in [0, 0.05) is 27.4 Å². The van der Waals surface area contributed by atoms with E-state index in [9.17, 15) is 9.59 Å². The summed E-state index contributed by atoms with van der Waals surface area (Å²) in [4.78, 5) is 25.2. The molecular weight excluding hydrogens is 460 g/mol. The van der Waals surface area contributed by atoms with Crippen molar-refractivity contribution >= 4 is 59.4 Å². The predicted molar refractivity (Wildman–Crippen MR) is 110 cm³/mol. The van der Waals surface area contributed by atoms with Crippen LogP contribution in [0.25, 0.3) is 21.7 Å². The molecule has 0 aliphatic rings. The zero-order valence-electron chi connectivity index (χ0n) is 13.5. The maximum Gasteiger partial charge on any atom is 0.339 e. The van der Waals surface area contributed by atoms with Crippen molar-refractivity contribution in [1.29, 1.82) is 0 Å². The lowest BCUT2D eigenvalue weighted by Crippen LogP contribution is -2.13. The summed E-state index contributed by atoms with van der Waals surface area (Å²) >= 11 is 6.82. The van der Waals surface area contributed by atoms with Crippen molar-refractivity contribution in [3.63, 3.8) is 0 Å². The number of halogens is 2. The van der Waals surface area contributed by atoms with Crippen molar-refractivity contribution in [2.75, 3.05) is 0 Å². The second-order valence-electron chi connectivity index (χ2n) is 5.99. The van der Waals surface area contributed by atoms with Gasteiger partial charge in [-0.3, -0.25) is 4.79 Å². The second-order valence-corrected chi connectivity index (χ2v) is 7.76. The van der Waals surface area contributed by atoms with E-state index in [-0.39, 0.29) is 12.2 Å². The van der Waals surface area contributed by atoms with E-state index in [0.717, 1.165) is 20.6 Å². The summed E-state index contributed by atoms with van der Waals surface area (Å²) < 4.78 is 6.97. The van der Waals surface area contributed by atoms with E-state index >= 15 is 0 Å². The van der Waals surface area contributed by atoms with E-state index in [0.29, 0.717) is 21.2 Å². The molecule has 0 amide bonds. The maximum atomic E-state index is 12.9. The van der Waals surface area contributed by atoms with E-state index in [2.05, 4.69) is 31.9 Å². The molecule has 0 atom stereocenters. The first-order valence-electron chi connectivity index (χ1n) is 7.95. The summed E-state index contributed by atoms with van der Waals surface area (Å²) in [6.07, 6.45) is -0.00356. The number of benzene rings is 3. The van der Waals surface area contributed by atoms with Crippen LogP contribution in [-0.2, 0) is 6.42 Å². The molecule has 0 bridgehead atoms. The number of fused-ring (bicyclic) bond motifs is 2. The van der Waals surface area contributed by atoms with Crippen molar-refractivity contribution < 1.29 is 9.21 Å². The van der Waals surface area contributed by atoms with Crippen LogP contribution < -0.4 is 5.63 Å². The number of hydrogen-bond donors (Lipinski definition) is 0. The Morgan fingerprint density at radius 2 is 1.69 bits per heavy atom. The van der Waals surface area contributed by atoms with Crippen LogP contribution >= 0.6 is 31.9 Å². The Morgan fingerprint density at radius 1 is 0.923 bits per heavy atom. The molecule has 0 unspecified atom stereocenters. The van der Waals surface area contributed by atoms with E-state index in [1.807, 2.05) is 48.5 Å². The summed E-state index contributed by atoms with van der Waals surface area (Å²) in [6.45, 7) is 0. The average molecular weight is 472 g/mol. The molecule has 0 aliphatic heterocycles. The summed E-state index contributed by atoms with van der Waals surface area (Å²) in [7, 11) is 0. The number of hydrogen-bond acceptors (Lipinski definition) is 3. The third-order valence-electron chi connectivity index (χ3n) is 4.26. The average Bonchev–Trinajstić information content (AvgIpc) is 2.62. The lowest BCUT2D eigenvalue weighted by molar-refractivity contribution is 0.0993. The molecular formula is C21H12Br2O3. The van der Waals surface area contributed by atoms with Crippen LogP contribution in [0.5, 0.6) is 0 Å². The van der Waals surface area contributed by atoms with Gasteiger partial charge in [-0.25, -0.2) is 4.79 Å². The molecule has 0 radical (unpaired) electrons. The van der Waals surface area contributed by atoms with Crippen LogP contribution in [0.2, 0.25) is 0 Å². The SMILES string of the molecule is O=C(Cc1cc2cc(Br)cc(Br)c2oc1=O)c1cccc2ccccc12. The van der Waals surface area contributed by atoms with Gasteiger partial charge in [0.15, 0.2) is 11.4 Å². The monoisotopic (exact) mass is 470 g/mol. The van der Waals surface area contributed by atoms with Crippen LogP contribution in [0.15, 0.2) is 78.8 Å². The third-order valence-corrected chi connectivity index (χ3v) is 5.31. The van der Waals surface area contributed by atoms with Gasteiger partial charge in [0.25, 0.3) is 0 Å². The first-order chi connectivity index (χ1) is 12.5. The van der Waals surface area contributed by atoms with Crippen LogP contribution in [-0.4, -0.2) is 5.78 Å². The smallest absolute Gasteiger partial charge is 0.339 e. The van der Waals surface area contributed by atoms with Crippen LogP contribution in [0.3, 0.4) is 0 Å². The van der Waals surface area contributed by atoms with Gasteiger partial charge in [0.05, 0.1) is 4.47 Å². The summed E-state index contributed by atoms with van der Waals surface area (Å²) in [5, 5.41) is 2.64. The fourth-order valence-electron chi connectivity index (χ4n) is 3.06. The molecule has 128 valence electrons. The molecule has 3 aromatic carbocycles. The zero-order chi connectivity index (χ0) is 18.3. The number of ketones is 1. The minimum Gasteiger partial charge on any atom is -0.421 e. The predicted octanol–water partition coefficient (Wildman–Crippen LogP) is 5.90. The van der Waals surface area contributed by atoms with E-state index in [4.69, 9.17) is 4.42 Å². The highest BCUT2D eigenvalue weighted by Crippen LogP contribution is 2.28. The summed E-state index contributed by atoms with van der Waals surface area (Å²) in [6, 6.07) is 18.7. The standard InChI is InChI=1S/C21H12Br2O3/c22-15-9-13-8-14(21(25)26-20(13)18(23)11-15)10-19(24)17-7-3-5-12-4-1-2-6-16(12)17/h1-9,11H,10H2. The van der Waals surface area contributed by atoms with Crippen LogP contribution in [0.1, 0.15) is 15.9 Å². The molecule has 3 nitrogen and oxygen atoms in total. The molecule has 1 aromatic heterocycles. The quantitative estimate of drug-likeness (QED) is 0.276. The number of carbonyl (C=O) groups excluding carboxylic acids is 1. The van der Waals surface area contributed by atoms with Gasteiger partial charge >= 0.3 is 5.63 Å². The topological polar surface area (TPSA) is 47.3 Å². The Labute approximate surface area is 165 Å². The molecule has 1 heterocycles. The highest BCUT2D eigenvalue weighted by Gasteiger charge is 2.15. The molecule has 0 aliphatic carbocycles. The lowest BCUT2D eigenvalue weighted by atomic mass is 9.98. The third kappa shape index (κ3) is 3.13. The van der Waals surface area contributed by atoms with Gasteiger partial charge in [-0.15, -0.1) is 0 Å². The van der Waals surface area contributed by atoms with E-state index in [1.54, 1.807) is 12.1 Å². The fraction of sp³-hybridized carbons (Fsp3) is 0.0476. The minimum atomic E-state index is -0.492. The fourth-order valence-corrected chi connectivity index (χ4v) is 4.40. The molecule has 0 saturated heterocycles. The summed E-state index contributed by atoms with van der Waals surface area (Å²) in [5.74, 6) is -0.109. The molecule has 0 N–H and O–H groups in total. The van der Waals surface area contributed by atoms with Gasteiger partial charge < -0.3 is 4.42 Å². The van der Waals surface area contributed by atoms with Crippen molar-refractivity contribution in [1.82, 2.24) is 0 Å². The first-order valence-corrected chi connectivity index (χ1v) is 9.54. The Bertz CT molecular complexity index is 1220. The normalized spacial score (nSPS) is 11.2. The molecule has 4 aromatic rings. The van der Waals surface area contributed by atoms with Gasteiger partial charge in [0.2, 0.25) is 0 Å². The van der Waals surface area contributed by atoms with Gasteiger partial charge in [0.1, 0.15) is 0 Å². The Hall–Kier alpha value is -2.24. The lowest BCUT2D eigenvalue weighted by Gasteiger charge is -2.07. The highest BCUT2D eigenvalue weighted by atomic mass is 79.9. The van der Waals surface area contributed by atoms with Crippen LogP contribution in [0, 0.1) is 0 Å². The highest BCUT2D eigenvalue weighted by molar-refractivity contribution is 9.11. The van der Waals surface area contributed by atoms with Gasteiger partial charge in [-0.2, -0.15) is 0 Å². The van der Waals surface area contributed by atoms with E-state index in [1.165, 1.54) is 0 Å². The number of carbonyl (C=O) groups is 1. The number of Topliss-reactive ketones (excluding diaryl/α,β-unsaturated/α-hetero) is 1. The second kappa shape index (κ2) is 6.82. The molecule has 0 fully saturated rings. The largest absolute Gasteiger partial charge is 0.421 e. The van der Waals surface area contributed by atoms with Gasteiger partial charge in [-0.1, -0.05) is 58.4 Å². The molecule has 5 heteroatoms. The zero-order valence-corrected chi connectivity index (χ0v) is 16.6. The Morgan fingerprint density at radius 3 is 2.54 bits per heavy atom. The number of rotatable bonds is 3. The Balaban J connectivity index is 1.78. The molecule has 0 saturated carbocycles. The first kappa shape index (κ1) is 17.2. The van der Waals surface area contributed by atoms with E-state index < -0.39 is 5.63 Å². The maximum absolute atomic E-state index is 12.9.